The number of aryl methyl sites for hydroxylation is 1. The first-order valence-corrected chi connectivity index (χ1v) is 15.1. The molecule has 1 aliphatic carbocycles. The van der Waals surface area contributed by atoms with Crippen LogP contribution in [-0.4, -0.2) is 51.8 Å². The largest absolute Gasteiger partial charge is 0.361 e. The maximum Gasteiger partial charge on any atom is 0.229 e. The quantitative estimate of drug-likeness (QED) is 0.325. The molecule has 4 heterocycles. The van der Waals surface area contributed by atoms with Gasteiger partial charge in [0, 0.05) is 30.4 Å². The van der Waals surface area contributed by atoms with E-state index in [1.807, 2.05) is 12.1 Å². The number of rotatable bonds is 5. The predicted octanol–water partition coefficient (Wildman–Crippen LogP) is 4.83. The molecule has 3 aromatic heterocycles. The van der Waals surface area contributed by atoms with E-state index in [0.29, 0.717) is 34.5 Å². The number of pyridine rings is 1. The lowest BCUT2D eigenvalue weighted by atomic mass is 9.77. The summed E-state index contributed by atoms with van der Waals surface area (Å²) in [5, 5.41) is 17.1. The fourth-order valence-corrected chi connectivity index (χ4v) is 6.37. The van der Waals surface area contributed by atoms with Gasteiger partial charge in [-0.15, -0.1) is 0 Å². The van der Waals surface area contributed by atoms with Crippen LogP contribution >= 0.6 is 7.14 Å². The molecule has 1 aliphatic heterocycles. The third kappa shape index (κ3) is 4.48. The number of nitrogens with one attached hydrogen (secondary N) is 3. The van der Waals surface area contributed by atoms with E-state index in [-0.39, 0.29) is 0 Å². The minimum absolute atomic E-state index is 0.294. The van der Waals surface area contributed by atoms with Crippen LogP contribution in [0.25, 0.3) is 10.9 Å². The highest BCUT2D eigenvalue weighted by atomic mass is 31.2. The average molecular weight is 513 g/mol. The molecule has 1 aromatic carbocycles. The molecule has 0 amide bonds. The van der Waals surface area contributed by atoms with Gasteiger partial charge >= 0.3 is 0 Å². The SMILES string of the molecule is CN1Cc2cc(Nc3ncc(C#N)c(Nc4nc(P(C)(C)=O)cc5[nH]ccc45)n3)cc3c2C(CCC3)C1. The number of benzene rings is 1. The lowest BCUT2D eigenvalue weighted by Gasteiger charge is -2.37. The highest BCUT2D eigenvalue weighted by Gasteiger charge is 2.29. The summed E-state index contributed by atoms with van der Waals surface area (Å²) >= 11 is 0. The van der Waals surface area contributed by atoms with Crippen molar-refractivity contribution in [3.63, 3.8) is 0 Å². The summed E-state index contributed by atoms with van der Waals surface area (Å²) in [6.07, 6.45) is 6.86. The van der Waals surface area contributed by atoms with E-state index in [1.54, 1.807) is 19.5 Å². The van der Waals surface area contributed by atoms with Crippen molar-refractivity contribution >= 4 is 46.8 Å². The zero-order valence-electron chi connectivity index (χ0n) is 21.2. The lowest BCUT2D eigenvalue weighted by Crippen LogP contribution is -2.33. The molecular formula is C27H29N8OP. The van der Waals surface area contributed by atoms with Crippen LogP contribution < -0.4 is 16.1 Å². The van der Waals surface area contributed by atoms with Gasteiger partial charge in [-0.3, -0.25) is 0 Å². The Morgan fingerprint density at radius 1 is 1.16 bits per heavy atom. The molecule has 188 valence electrons. The number of aromatic nitrogens is 4. The van der Waals surface area contributed by atoms with Crippen LogP contribution in [0.15, 0.2) is 36.7 Å². The van der Waals surface area contributed by atoms with E-state index in [0.717, 1.165) is 36.1 Å². The molecule has 6 rings (SSSR count). The summed E-state index contributed by atoms with van der Waals surface area (Å²) in [7, 11) is -0.431. The summed E-state index contributed by atoms with van der Waals surface area (Å²) in [5.74, 6) is 1.84. The molecule has 0 bridgehead atoms. The highest BCUT2D eigenvalue weighted by Crippen LogP contribution is 2.40. The zero-order valence-corrected chi connectivity index (χ0v) is 22.1. The Kier molecular flexibility index (Phi) is 5.74. The molecule has 0 saturated carbocycles. The maximum atomic E-state index is 12.8. The van der Waals surface area contributed by atoms with Crippen LogP contribution in [0.1, 0.15) is 41.0 Å². The Labute approximate surface area is 215 Å². The topological polar surface area (TPSA) is 123 Å². The second-order valence-electron chi connectivity index (χ2n) is 10.4. The third-order valence-electron chi connectivity index (χ3n) is 7.22. The van der Waals surface area contributed by atoms with E-state index in [1.165, 1.54) is 35.7 Å². The fraction of sp³-hybridized carbons (Fsp3) is 0.333. The van der Waals surface area contributed by atoms with Crippen molar-refractivity contribution in [3.05, 3.63) is 58.9 Å². The smallest absolute Gasteiger partial charge is 0.229 e. The summed E-state index contributed by atoms with van der Waals surface area (Å²) < 4.78 is 12.8. The number of anilines is 4. The third-order valence-corrected chi connectivity index (χ3v) is 8.55. The van der Waals surface area contributed by atoms with Crippen molar-refractivity contribution in [2.75, 3.05) is 37.6 Å². The van der Waals surface area contributed by atoms with Crippen LogP contribution in [-0.2, 0) is 17.5 Å². The molecule has 1 unspecified atom stereocenters. The molecule has 10 heteroatoms. The molecule has 37 heavy (non-hydrogen) atoms. The number of likely N-dealkylation sites (N-methyl/N-ethyl adjacent to an activating group) is 1. The Morgan fingerprint density at radius 3 is 2.81 bits per heavy atom. The van der Waals surface area contributed by atoms with Gasteiger partial charge in [-0.1, -0.05) is 0 Å². The second kappa shape index (κ2) is 8.98. The number of H-pyrrole nitrogens is 1. The van der Waals surface area contributed by atoms with Gasteiger partial charge in [-0.05, 0) is 86.5 Å². The first-order chi connectivity index (χ1) is 17.8. The first-order valence-electron chi connectivity index (χ1n) is 12.5. The Morgan fingerprint density at radius 2 is 2.00 bits per heavy atom. The molecule has 0 spiro atoms. The van der Waals surface area contributed by atoms with Crippen LogP contribution in [0.4, 0.5) is 23.3 Å². The van der Waals surface area contributed by atoms with Gasteiger partial charge in [0.1, 0.15) is 30.0 Å². The van der Waals surface area contributed by atoms with Gasteiger partial charge in [-0.2, -0.15) is 10.2 Å². The number of nitriles is 1. The maximum absolute atomic E-state index is 12.8. The van der Waals surface area contributed by atoms with Crippen LogP contribution in [0, 0.1) is 11.3 Å². The highest BCUT2D eigenvalue weighted by molar-refractivity contribution is 7.69. The Bertz CT molecular complexity index is 1610. The normalized spacial score (nSPS) is 17.3. The summed E-state index contributed by atoms with van der Waals surface area (Å²) in [4.78, 5) is 19.2. The van der Waals surface area contributed by atoms with E-state index in [9.17, 15) is 9.83 Å². The Hall–Kier alpha value is -3.73. The van der Waals surface area contributed by atoms with Crippen molar-refractivity contribution < 1.29 is 4.57 Å². The minimum Gasteiger partial charge on any atom is -0.361 e. The predicted molar refractivity (Wildman–Crippen MR) is 147 cm³/mol. The van der Waals surface area contributed by atoms with E-state index >= 15 is 0 Å². The summed E-state index contributed by atoms with van der Waals surface area (Å²) in [5.41, 5.74) is 6.87. The summed E-state index contributed by atoms with van der Waals surface area (Å²) in [6, 6.07) is 10.3. The number of nitrogens with zero attached hydrogens (tertiary/aromatic N) is 5. The van der Waals surface area contributed by atoms with Crippen molar-refractivity contribution in [1.82, 2.24) is 24.8 Å². The van der Waals surface area contributed by atoms with Crippen molar-refractivity contribution in [2.45, 2.75) is 31.7 Å². The molecule has 9 nitrogen and oxygen atoms in total. The molecule has 1 atom stereocenters. The number of fused-ring (bicyclic) bond motifs is 1. The molecule has 0 saturated heterocycles. The Balaban J connectivity index is 1.35. The van der Waals surface area contributed by atoms with E-state index in [4.69, 9.17) is 0 Å². The monoisotopic (exact) mass is 512 g/mol. The zero-order chi connectivity index (χ0) is 25.7. The van der Waals surface area contributed by atoms with Gasteiger partial charge in [-0.25, -0.2) is 9.97 Å². The second-order valence-corrected chi connectivity index (χ2v) is 13.6. The molecule has 0 fully saturated rings. The van der Waals surface area contributed by atoms with Crippen LogP contribution in [0.3, 0.4) is 0 Å². The summed E-state index contributed by atoms with van der Waals surface area (Å²) in [6.45, 7) is 5.43. The molecule has 4 aromatic rings. The van der Waals surface area contributed by atoms with Crippen molar-refractivity contribution in [2.24, 2.45) is 0 Å². The molecule has 2 aliphatic rings. The first kappa shape index (κ1) is 23.7. The number of hydrogen-bond acceptors (Lipinski definition) is 8. The van der Waals surface area contributed by atoms with Crippen molar-refractivity contribution in [1.29, 1.82) is 5.26 Å². The van der Waals surface area contributed by atoms with E-state index in [2.05, 4.69) is 60.7 Å². The average Bonchev–Trinajstić information content (AvgIpc) is 3.33. The number of aromatic amines is 1. The van der Waals surface area contributed by atoms with Crippen LogP contribution in [0.2, 0.25) is 0 Å². The van der Waals surface area contributed by atoms with Gasteiger partial charge in [0.15, 0.2) is 5.82 Å². The van der Waals surface area contributed by atoms with Gasteiger partial charge in [0.05, 0.1) is 11.7 Å². The van der Waals surface area contributed by atoms with Gasteiger partial charge < -0.3 is 25.1 Å². The van der Waals surface area contributed by atoms with E-state index < -0.39 is 7.14 Å². The van der Waals surface area contributed by atoms with Gasteiger partial charge in [0.2, 0.25) is 5.95 Å². The standard InChI is InChI=1S/C27H29N8OP/c1-35-14-17-6-4-5-16-9-20(10-18(15-35)24(16)17)31-27-30-13-19(12-28)25(34-27)33-26-21-7-8-29-22(21)11-23(32-26)37(2,3)36/h7-11,13,17,29H,4-6,14-15H2,1-3H3,(H2,30,31,32,33,34). The molecular weight excluding hydrogens is 483 g/mol. The number of hydrogen-bond donors (Lipinski definition) is 3. The minimum atomic E-state index is -2.61. The van der Waals surface area contributed by atoms with Gasteiger partial charge in [0.25, 0.3) is 0 Å². The van der Waals surface area contributed by atoms with Crippen molar-refractivity contribution in [3.8, 4) is 6.07 Å². The lowest BCUT2D eigenvalue weighted by molar-refractivity contribution is 0.266. The molecule has 3 N–H and O–H groups in total. The molecule has 0 radical (unpaired) electrons. The fourth-order valence-electron chi connectivity index (χ4n) is 5.59. The van der Waals surface area contributed by atoms with Crippen LogP contribution in [0.5, 0.6) is 0 Å².